The van der Waals surface area contributed by atoms with Crippen molar-refractivity contribution in [3.63, 3.8) is 0 Å². The molecule has 10 heteroatoms. The number of amides is 1. The van der Waals surface area contributed by atoms with Gasteiger partial charge in [0.25, 0.3) is 0 Å². The highest BCUT2D eigenvalue weighted by Crippen LogP contribution is 2.26. The first-order chi connectivity index (χ1) is 12.0. The van der Waals surface area contributed by atoms with Gasteiger partial charge in [0.2, 0.25) is 11.9 Å². The minimum absolute atomic E-state index is 0. The summed E-state index contributed by atoms with van der Waals surface area (Å²) < 4.78 is 26.1. The molecule has 0 unspecified atom stereocenters. The fraction of sp³-hybridized carbons (Fsp3) is 0.812. The highest BCUT2D eigenvalue weighted by atomic mass is 35.5. The molecule has 2 fully saturated rings. The standard InChI is InChI=1S/C16H27N5O3S.ClH/c1-21-16(19-15(20-21)12-6-9-17-10-7-12)18-14(22)8-11-25(23,24)13-4-2-3-5-13;/h12-13,17H,2-11H2,1H3,(H,18,19,20,22);1H. The zero-order chi connectivity index (χ0) is 17.9. The molecule has 1 aromatic rings. The fourth-order valence-corrected chi connectivity index (χ4v) is 5.46. The number of carbonyl (C=O) groups excluding carboxylic acids is 1. The van der Waals surface area contributed by atoms with Gasteiger partial charge in [-0.2, -0.15) is 10.1 Å². The summed E-state index contributed by atoms with van der Waals surface area (Å²) in [6.07, 6.45) is 5.32. The highest BCUT2D eigenvalue weighted by Gasteiger charge is 2.29. The van der Waals surface area contributed by atoms with E-state index >= 15 is 0 Å². The van der Waals surface area contributed by atoms with Gasteiger partial charge in [0.05, 0.1) is 11.0 Å². The minimum Gasteiger partial charge on any atom is -0.317 e. The number of aryl methyl sites for hydroxylation is 1. The summed E-state index contributed by atoms with van der Waals surface area (Å²) in [6, 6.07) is 0. The first-order valence-electron chi connectivity index (χ1n) is 9.09. The summed E-state index contributed by atoms with van der Waals surface area (Å²) in [5, 5.41) is 10.1. The molecule has 2 aliphatic rings. The number of anilines is 1. The number of carbonyl (C=O) groups is 1. The van der Waals surface area contributed by atoms with Crippen LogP contribution in [-0.4, -0.2) is 53.2 Å². The second-order valence-electron chi connectivity index (χ2n) is 7.01. The van der Waals surface area contributed by atoms with Crippen molar-refractivity contribution in [1.82, 2.24) is 20.1 Å². The molecule has 8 nitrogen and oxygen atoms in total. The SMILES string of the molecule is Cl.Cn1nc(C2CCNCC2)nc1NC(=O)CCS(=O)(=O)C1CCCC1. The van der Waals surface area contributed by atoms with Gasteiger partial charge in [0.15, 0.2) is 15.7 Å². The van der Waals surface area contributed by atoms with Crippen molar-refractivity contribution in [2.24, 2.45) is 7.05 Å². The number of nitrogens with one attached hydrogen (secondary N) is 2. The fourth-order valence-electron chi connectivity index (χ4n) is 3.60. The van der Waals surface area contributed by atoms with Gasteiger partial charge < -0.3 is 5.32 Å². The van der Waals surface area contributed by atoms with Crippen LogP contribution in [-0.2, 0) is 21.7 Å². The predicted octanol–water partition coefficient (Wildman–Crippen LogP) is 1.39. The number of piperidine rings is 1. The molecule has 3 rings (SSSR count). The van der Waals surface area contributed by atoms with E-state index in [0.29, 0.717) is 11.9 Å². The van der Waals surface area contributed by atoms with Crippen LogP contribution >= 0.6 is 12.4 Å². The third-order valence-electron chi connectivity index (χ3n) is 5.16. The van der Waals surface area contributed by atoms with E-state index in [2.05, 4.69) is 20.7 Å². The summed E-state index contributed by atoms with van der Waals surface area (Å²) >= 11 is 0. The molecule has 1 aromatic heterocycles. The molecule has 0 bridgehead atoms. The Balaban J connectivity index is 0.00000243. The number of hydrogen-bond acceptors (Lipinski definition) is 6. The Morgan fingerprint density at radius 1 is 1.23 bits per heavy atom. The van der Waals surface area contributed by atoms with E-state index < -0.39 is 9.84 Å². The van der Waals surface area contributed by atoms with Gasteiger partial charge in [-0.05, 0) is 38.8 Å². The van der Waals surface area contributed by atoms with Crippen molar-refractivity contribution >= 4 is 34.1 Å². The highest BCUT2D eigenvalue weighted by molar-refractivity contribution is 7.92. The van der Waals surface area contributed by atoms with Crippen LogP contribution < -0.4 is 10.6 Å². The van der Waals surface area contributed by atoms with E-state index in [0.717, 1.165) is 57.4 Å². The van der Waals surface area contributed by atoms with Crippen LogP contribution in [0.15, 0.2) is 0 Å². The molecule has 2 N–H and O–H groups in total. The molecule has 148 valence electrons. The van der Waals surface area contributed by atoms with Gasteiger partial charge in [-0.3, -0.25) is 10.1 Å². The second kappa shape index (κ2) is 9.14. The Hall–Kier alpha value is -1.19. The Kier molecular flexibility index (Phi) is 7.42. The Labute approximate surface area is 160 Å². The van der Waals surface area contributed by atoms with Crippen molar-refractivity contribution in [3.8, 4) is 0 Å². The number of sulfone groups is 1. The summed E-state index contributed by atoms with van der Waals surface area (Å²) in [4.78, 5) is 16.6. The number of hydrogen-bond donors (Lipinski definition) is 2. The molecule has 0 aromatic carbocycles. The smallest absolute Gasteiger partial charge is 0.227 e. The van der Waals surface area contributed by atoms with Gasteiger partial charge in [-0.1, -0.05) is 12.8 Å². The zero-order valence-corrected chi connectivity index (χ0v) is 16.7. The van der Waals surface area contributed by atoms with Crippen LogP contribution in [0, 0.1) is 0 Å². The molecule has 0 atom stereocenters. The maximum absolute atomic E-state index is 12.2. The van der Waals surface area contributed by atoms with E-state index in [9.17, 15) is 13.2 Å². The molecule has 26 heavy (non-hydrogen) atoms. The van der Waals surface area contributed by atoms with Crippen molar-refractivity contribution in [2.75, 3.05) is 24.2 Å². The largest absolute Gasteiger partial charge is 0.317 e. The van der Waals surface area contributed by atoms with Crippen LogP contribution in [0.2, 0.25) is 0 Å². The average molecular weight is 406 g/mol. The van der Waals surface area contributed by atoms with E-state index in [4.69, 9.17) is 0 Å². The lowest BCUT2D eigenvalue weighted by atomic mass is 9.98. The van der Waals surface area contributed by atoms with E-state index in [-0.39, 0.29) is 35.7 Å². The van der Waals surface area contributed by atoms with Crippen molar-refractivity contribution in [1.29, 1.82) is 0 Å². The Bertz CT molecular complexity index is 709. The molecule has 1 aliphatic heterocycles. The van der Waals surface area contributed by atoms with E-state index in [1.165, 1.54) is 0 Å². The van der Waals surface area contributed by atoms with Crippen molar-refractivity contribution in [2.45, 2.75) is 56.1 Å². The van der Waals surface area contributed by atoms with Crippen molar-refractivity contribution < 1.29 is 13.2 Å². The van der Waals surface area contributed by atoms with Crippen LogP contribution in [0.1, 0.15) is 56.7 Å². The number of nitrogens with zero attached hydrogens (tertiary/aromatic N) is 3. The lowest BCUT2D eigenvalue weighted by Gasteiger charge is -2.19. The number of rotatable bonds is 6. The lowest BCUT2D eigenvalue weighted by Crippen LogP contribution is -2.27. The van der Waals surface area contributed by atoms with Crippen LogP contribution in [0.25, 0.3) is 0 Å². The monoisotopic (exact) mass is 405 g/mol. The normalized spacial score (nSPS) is 19.3. The molecule has 1 amide bonds. The number of halogens is 1. The molecule has 1 saturated heterocycles. The maximum Gasteiger partial charge on any atom is 0.227 e. The molecular formula is C16H28ClN5O3S. The Morgan fingerprint density at radius 3 is 2.54 bits per heavy atom. The zero-order valence-electron chi connectivity index (χ0n) is 15.1. The molecular weight excluding hydrogens is 378 g/mol. The average Bonchev–Trinajstić information content (AvgIpc) is 3.25. The molecule has 2 heterocycles. The van der Waals surface area contributed by atoms with E-state index in [1.54, 1.807) is 11.7 Å². The number of aromatic nitrogens is 3. The summed E-state index contributed by atoms with van der Waals surface area (Å²) in [6.45, 7) is 1.90. The molecule has 1 saturated carbocycles. The first kappa shape index (κ1) is 21.1. The van der Waals surface area contributed by atoms with Gasteiger partial charge >= 0.3 is 0 Å². The van der Waals surface area contributed by atoms with Crippen molar-refractivity contribution in [3.05, 3.63) is 5.82 Å². The topological polar surface area (TPSA) is 106 Å². The molecule has 0 spiro atoms. The quantitative estimate of drug-likeness (QED) is 0.740. The lowest BCUT2D eigenvalue weighted by molar-refractivity contribution is -0.115. The third kappa shape index (κ3) is 5.17. The summed E-state index contributed by atoms with van der Waals surface area (Å²) in [5.74, 6) is 1.02. The van der Waals surface area contributed by atoms with Crippen LogP contribution in [0.3, 0.4) is 0 Å². The molecule has 1 aliphatic carbocycles. The minimum atomic E-state index is -3.18. The van der Waals surface area contributed by atoms with Gasteiger partial charge in [-0.15, -0.1) is 12.4 Å². The van der Waals surface area contributed by atoms with Crippen LogP contribution in [0.4, 0.5) is 5.95 Å². The maximum atomic E-state index is 12.2. The van der Waals surface area contributed by atoms with Crippen LogP contribution in [0.5, 0.6) is 0 Å². The van der Waals surface area contributed by atoms with Gasteiger partial charge in [-0.25, -0.2) is 13.1 Å². The van der Waals surface area contributed by atoms with Gasteiger partial charge in [0.1, 0.15) is 0 Å². The summed E-state index contributed by atoms with van der Waals surface area (Å²) in [5.41, 5.74) is 0. The molecule has 0 radical (unpaired) electrons. The van der Waals surface area contributed by atoms with E-state index in [1.807, 2.05) is 0 Å². The predicted molar refractivity (Wildman–Crippen MR) is 102 cm³/mol. The first-order valence-corrected chi connectivity index (χ1v) is 10.8. The Morgan fingerprint density at radius 2 is 1.88 bits per heavy atom. The summed E-state index contributed by atoms with van der Waals surface area (Å²) in [7, 11) is -1.44. The second-order valence-corrected chi connectivity index (χ2v) is 9.41. The third-order valence-corrected chi connectivity index (χ3v) is 7.42. The van der Waals surface area contributed by atoms with Gasteiger partial charge in [0, 0.05) is 19.4 Å².